The van der Waals surface area contributed by atoms with E-state index in [2.05, 4.69) is 66.9 Å². The van der Waals surface area contributed by atoms with Crippen LogP contribution >= 0.6 is 0 Å². The van der Waals surface area contributed by atoms with E-state index < -0.39 is 0 Å². The van der Waals surface area contributed by atoms with Crippen LogP contribution in [0.15, 0.2) is 48.5 Å². The van der Waals surface area contributed by atoms with E-state index in [1.54, 1.807) is 0 Å². The first-order valence-corrected chi connectivity index (χ1v) is 9.64. The Hall–Kier alpha value is -3.32. The molecule has 4 rings (SSSR count). The second-order valence-corrected chi connectivity index (χ2v) is 7.66. The van der Waals surface area contributed by atoms with E-state index in [4.69, 9.17) is 4.98 Å². The van der Waals surface area contributed by atoms with Gasteiger partial charge in [0, 0.05) is 18.0 Å². The molecule has 0 radical (unpaired) electrons. The van der Waals surface area contributed by atoms with E-state index in [-0.39, 0.29) is 6.04 Å². The van der Waals surface area contributed by atoms with Gasteiger partial charge in [0.15, 0.2) is 5.65 Å². The number of benzene rings is 2. The van der Waals surface area contributed by atoms with Crippen molar-refractivity contribution in [2.45, 2.75) is 40.2 Å². The van der Waals surface area contributed by atoms with Crippen molar-refractivity contribution in [1.29, 1.82) is 5.26 Å². The fourth-order valence-electron chi connectivity index (χ4n) is 3.74. The molecule has 0 spiro atoms. The minimum Gasteiger partial charge on any atom is -0.369 e. The van der Waals surface area contributed by atoms with Gasteiger partial charge < -0.3 is 5.32 Å². The van der Waals surface area contributed by atoms with Crippen LogP contribution in [0.3, 0.4) is 0 Å². The third kappa shape index (κ3) is 2.99. The fraction of sp³-hybridized carbons (Fsp3) is 0.250. The number of rotatable bonds is 4. The number of nitrogens with one attached hydrogen (secondary N) is 1. The Morgan fingerprint density at radius 3 is 2.46 bits per heavy atom. The van der Waals surface area contributed by atoms with Crippen molar-refractivity contribution in [3.05, 3.63) is 76.3 Å². The summed E-state index contributed by atoms with van der Waals surface area (Å²) in [6.07, 6.45) is 0.762. The van der Waals surface area contributed by atoms with Crippen molar-refractivity contribution < 1.29 is 0 Å². The van der Waals surface area contributed by atoms with Crippen LogP contribution in [0.5, 0.6) is 0 Å². The number of anilines is 1. The van der Waals surface area contributed by atoms with Crippen LogP contribution in [0.1, 0.15) is 41.7 Å². The third-order valence-electron chi connectivity index (χ3n) is 5.16. The molecule has 0 aliphatic carbocycles. The van der Waals surface area contributed by atoms with Crippen molar-refractivity contribution in [1.82, 2.24) is 9.38 Å². The second kappa shape index (κ2) is 7.01. The number of nitrogens with zero attached hydrogens (tertiary/aromatic N) is 3. The Morgan fingerprint density at radius 1 is 1.07 bits per heavy atom. The quantitative estimate of drug-likeness (QED) is 0.526. The third-order valence-corrected chi connectivity index (χ3v) is 5.16. The van der Waals surface area contributed by atoms with E-state index >= 15 is 0 Å². The van der Waals surface area contributed by atoms with E-state index in [1.807, 2.05) is 25.1 Å². The van der Waals surface area contributed by atoms with Gasteiger partial charge in [-0.05, 0) is 51.0 Å². The summed E-state index contributed by atoms with van der Waals surface area (Å²) in [5.41, 5.74) is 7.89. The van der Waals surface area contributed by atoms with Gasteiger partial charge in [0.05, 0.1) is 16.6 Å². The van der Waals surface area contributed by atoms with Crippen LogP contribution in [-0.2, 0) is 6.42 Å². The summed E-state index contributed by atoms with van der Waals surface area (Å²) in [6, 6.07) is 19.3. The van der Waals surface area contributed by atoms with Crippen LogP contribution < -0.4 is 5.32 Å². The number of imidazole rings is 1. The maximum atomic E-state index is 9.92. The largest absolute Gasteiger partial charge is 0.369 e. The fourth-order valence-corrected chi connectivity index (χ4v) is 3.74. The second-order valence-electron chi connectivity index (χ2n) is 7.66. The van der Waals surface area contributed by atoms with Gasteiger partial charge in [-0.2, -0.15) is 5.26 Å². The minimum atomic E-state index is 0.258. The zero-order valence-corrected chi connectivity index (χ0v) is 16.7. The Balaban J connectivity index is 2.06. The smallest absolute Gasteiger partial charge is 0.157 e. The lowest BCUT2D eigenvalue weighted by molar-refractivity contribution is 0.876. The highest BCUT2D eigenvalue weighted by Crippen LogP contribution is 2.32. The number of aryl methyl sites for hydroxylation is 1. The lowest BCUT2D eigenvalue weighted by Gasteiger charge is -2.21. The Labute approximate surface area is 165 Å². The summed E-state index contributed by atoms with van der Waals surface area (Å²) < 4.78 is 2.12. The Kier molecular flexibility index (Phi) is 4.52. The summed E-state index contributed by atoms with van der Waals surface area (Å²) in [4.78, 5) is 4.77. The van der Waals surface area contributed by atoms with Gasteiger partial charge >= 0.3 is 0 Å². The maximum absolute atomic E-state index is 9.92. The average molecular weight is 368 g/mol. The standard InChI is InChI=1S/C24H24N4/c1-15(2)26-23-19(13-18-11-9-16(3)10-12-18)17(4)20(14-25)24-27-21-7-5-6-8-22(21)28(23)24/h5-12,15,26H,13H2,1-4H3. The molecule has 0 amide bonds. The molecule has 2 aromatic heterocycles. The number of fused-ring (bicyclic) bond motifs is 3. The highest BCUT2D eigenvalue weighted by Gasteiger charge is 2.21. The molecule has 0 aliphatic rings. The number of pyridine rings is 1. The first kappa shape index (κ1) is 18.1. The Bertz CT molecular complexity index is 1210. The van der Waals surface area contributed by atoms with Crippen LogP contribution in [0.4, 0.5) is 5.82 Å². The van der Waals surface area contributed by atoms with Gasteiger partial charge in [-0.15, -0.1) is 0 Å². The van der Waals surface area contributed by atoms with Crippen molar-refractivity contribution in [3.8, 4) is 6.07 Å². The van der Waals surface area contributed by atoms with E-state index in [9.17, 15) is 5.26 Å². The first-order chi connectivity index (χ1) is 13.5. The molecule has 0 saturated carbocycles. The zero-order valence-electron chi connectivity index (χ0n) is 16.7. The number of hydrogen-bond donors (Lipinski definition) is 1. The van der Waals surface area contributed by atoms with Gasteiger partial charge in [-0.3, -0.25) is 4.40 Å². The summed E-state index contributed by atoms with van der Waals surface area (Å²) in [5.74, 6) is 1.02. The van der Waals surface area contributed by atoms with E-state index in [0.717, 1.165) is 40.0 Å². The summed E-state index contributed by atoms with van der Waals surface area (Å²) >= 11 is 0. The molecule has 1 N–H and O–H groups in total. The molecule has 28 heavy (non-hydrogen) atoms. The lowest BCUT2D eigenvalue weighted by Crippen LogP contribution is -2.17. The topological polar surface area (TPSA) is 53.1 Å². The van der Waals surface area contributed by atoms with Gasteiger partial charge in [-0.25, -0.2) is 4.98 Å². The van der Waals surface area contributed by atoms with Crippen molar-refractivity contribution >= 4 is 22.5 Å². The maximum Gasteiger partial charge on any atom is 0.157 e. The van der Waals surface area contributed by atoms with E-state index in [1.165, 1.54) is 11.1 Å². The number of para-hydroxylation sites is 2. The Morgan fingerprint density at radius 2 is 1.79 bits per heavy atom. The molecule has 0 aliphatic heterocycles. The molecule has 0 unspecified atom stereocenters. The lowest BCUT2D eigenvalue weighted by atomic mass is 9.97. The van der Waals surface area contributed by atoms with E-state index in [0.29, 0.717) is 5.56 Å². The SMILES string of the molecule is Cc1ccc(Cc2c(C)c(C#N)c3nc4ccccc4n3c2NC(C)C)cc1. The first-order valence-electron chi connectivity index (χ1n) is 9.64. The number of nitriles is 1. The normalized spacial score (nSPS) is 11.3. The van der Waals surface area contributed by atoms with Gasteiger partial charge in [-0.1, -0.05) is 42.0 Å². The zero-order chi connectivity index (χ0) is 19.8. The van der Waals surface area contributed by atoms with Crippen LogP contribution in [0.25, 0.3) is 16.7 Å². The molecule has 0 bridgehead atoms. The predicted octanol–water partition coefficient (Wildman–Crippen LogP) is 5.39. The van der Waals surface area contributed by atoms with Crippen LogP contribution in [-0.4, -0.2) is 15.4 Å². The van der Waals surface area contributed by atoms with Crippen molar-refractivity contribution in [2.75, 3.05) is 5.32 Å². The summed E-state index contributed by atoms with van der Waals surface area (Å²) in [6.45, 7) is 8.40. The molecule has 0 fully saturated rings. The molecule has 0 atom stereocenters. The molecule has 4 nitrogen and oxygen atoms in total. The number of aromatic nitrogens is 2. The molecule has 4 heteroatoms. The number of hydrogen-bond acceptors (Lipinski definition) is 3. The monoisotopic (exact) mass is 368 g/mol. The summed E-state index contributed by atoms with van der Waals surface area (Å²) in [5, 5.41) is 13.5. The highest BCUT2D eigenvalue weighted by molar-refractivity contribution is 5.86. The molecule has 4 aromatic rings. The summed E-state index contributed by atoms with van der Waals surface area (Å²) in [7, 11) is 0. The van der Waals surface area contributed by atoms with Gasteiger partial charge in [0.1, 0.15) is 11.9 Å². The van der Waals surface area contributed by atoms with Gasteiger partial charge in [0.2, 0.25) is 0 Å². The average Bonchev–Trinajstić information content (AvgIpc) is 3.05. The highest BCUT2D eigenvalue weighted by atomic mass is 15.1. The molecule has 0 saturated heterocycles. The van der Waals surface area contributed by atoms with Gasteiger partial charge in [0.25, 0.3) is 0 Å². The molecule has 2 heterocycles. The minimum absolute atomic E-state index is 0.258. The molecular formula is C24H24N4. The molecule has 2 aromatic carbocycles. The molecule has 140 valence electrons. The van der Waals surface area contributed by atoms with Crippen molar-refractivity contribution in [3.63, 3.8) is 0 Å². The van der Waals surface area contributed by atoms with Crippen LogP contribution in [0.2, 0.25) is 0 Å². The predicted molar refractivity (Wildman–Crippen MR) is 115 cm³/mol. The van der Waals surface area contributed by atoms with Crippen molar-refractivity contribution in [2.24, 2.45) is 0 Å². The molecular weight excluding hydrogens is 344 g/mol. The van der Waals surface area contributed by atoms with Crippen LogP contribution in [0, 0.1) is 25.2 Å².